The van der Waals surface area contributed by atoms with E-state index in [2.05, 4.69) is 5.10 Å². The van der Waals surface area contributed by atoms with Gasteiger partial charge in [0.1, 0.15) is 6.10 Å². The number of aliphatic hydroxyl groups excluding tert-OH is 1. The summed E-state index contributed by atoms with van der Waals surface area (Å²) in [6.45, 7) is 5.10. The highest BCUT2D eigenvalue weighted by atomic mass is 35.5. The topological polar surface area (TPSA) is 61.5 Å². The van der Waals surface area contributed by atoms with Crippen LogP contribution in [0.2, 0.25) is 5.02 Å². The van der Waals surface area contributed by atoms with Crippen LogP contribution in [-0.4, -0.2) is 51.1 Å². The van der Waals surface area contributed by atoms with E-state index in [1.165, 1.54) is 6.20 Å². The van der Waals surface area contributed by atoms with Crippen LogP contribution in [0.25, 0.3) is 0 Å². The molecule has 1 aromatic heterocycles. The second kappa shape index (κ2) is 6.70. The Bertz CT molecular complexity index is 403. The van der Waals surface area contributed by atoms with Crippen LogP contribution in [0.15, 0.2) is 6.20 Å². The van der Waals surface area contributed by atoms with Gasteiger partial charge in [0.15, 0.2) is 0 Å². The number of rotatable bonds is 7. The molecule has 1 atom stereocenters. The van der Waals surface area contributed by atoms with Gasteiger partial charge in [0, 0.05) is 6.54 Å². The van der Waals surface area contributed by atoms with Crippen LogP contribution in [0.1, 0.15) is 38.5 Å². The van der Waals surface area contributed by atoms with Crippen molar-refractivity contribution >= 4 is 11.6 Å². The molecule has 0 radical (unpaired) electrons. The van der Waals surface area contributed by atoms with E-state index in [4.69, 9.17) is 11.6 Å². The SMILES string of the molecule is CCC(O)(CC)C(O)c1c(Cl)cnn1CCN(C)C. The van der Waals surface area contributed by atoms with Gasteiger partial charge in [0.05, 0.1) is 29.1 Å². The van der Waals surface area contributed by atoms with Crippen molar-refractivity contribution in [3.8, 4) is 0 Å². The number of aromatic nitrogens is 2. The van der Waals surface area contributed by atoms with Gasteiger partial charge in [-0.05, 0) is 26.9 Å². The molecule has 0 saturated heterocycles. The maximum Gasteiger partial charge on any atom is 0.126 e. The monoisotopic (exact) mass is 289 g/mol. The van der Waals surface area contributed by atoms with Crippen LogP contribution in [-0.2, 0) is 6.54 Å². The van der Waals surface area contributed by atoms with Crippen molar-refractivity contribution < 1.29 is 10.2 Å². The fourth-order valence-corrected chi connectivity index (χ4v) is 2.25. The summed E-state index contributed by atoms with van der Waals surface area (Å²) in [5.74, 6) is 0. The molecule has 0 saturated carbocycles. The molecule has 6 heteroatoms. The Labute approximate surface area is 119 Å². The third-order valence-electron chi connectivity index (χ3n) is 3.58. The molecule has 0 aromatic carbocycles. The summed E-state index contributed by atoms with van der Waals surface area (Å²) >= 11 is 6.11. The lowest BCUT2D eigenvalue weighted by atomic mass is 9.89. The zero-order valence-corrected chi connectivity index (χ0v) is 12.9. The Morgan fingerprint density at radius 2 is 2.00 bits per heavy atom. The molecular weight excluding hydrogens is 266 g/mol. The number of hydrogen-bond acceptors (Lipinski definition) is 4. The van der Waals surface area contributed by atoms with Crippen molar-refractivity contribution in [1.82, 2.24) is 14.7 Å². The normalized spacial score (nSPS) is 14.1. The van der Waals surface area contributed by atoms with Crippen molar-refractivity contribution in [2.45, 2.75) is 44.9 Å². The number of hydrogen-bond donors (Lipinski definition) is 2. The van der Waals surface area contributed by atoms with Crippen molar-refractivity contribution in [1.29, 1.82) is 0 Å². The molecule has 19 heavy (non-hydrogen) atoms. The molecule has 0 bridgehead atoms. The first-order valence-corrected chi connectivity index (χ1v) is 6.99. The van der Waals surface area contributed by atoms with E-state index >= 15 is 0 Å². The highest BCUT2D eigenvalue weighted by molar-refractivity contribution is 6.31. The van der Waals surface area contributed by atoms with E-state index in [-0.39, 0.29) is 0 Å². The van der Waals surface area contributed by atoms with Crippen LogP contribution in [0, 0.1) is 0 Å². The minimum atomic E-state index is -1.17. The third-order valence-corrected chi connectivity index (χ3v) is 3.88. The van der Waals surface area contributed by atoms with Gasteiger partial charge in [-0.3, -0.25) is 4.68 Å². The van der Waals surface area contributed by atoms with E-state index in [0.717, 1.165) is 6.54 Å². The fraction of sp³-hybridized carbons (Fsp3) is 0.769. The summed E-state index contributed by atoms with van der Waals surface area (Å²) < 4.78 is 1.67. The Hall–Kier alpha value is -0.620. The molecule has 1 aromatic rings. The van der Waals surface area contributed by atoms with Gasteiger partial charge < -0.3 is 15.1 Å². The Morgan fingerprint density at radius 1 is 1.42 bits per heavy atom. The lowest BCUT2D eigenvalue weighted by molar-refractivity contribution is -0.0856. The van der Waals surface area contributed by atoms with Gasteiger partial charge >= 0.3 is 0 Å². The first kappa shape index (κ1) is 16.4. The molecule has 5 nitrogen and oxygen atoms in total. The average Bonchev–Trinajstić information content (AvgIpc) is 2.75. The van der Waals surface area contributed by atoms with E-state index in [0.29, 0.717) is 30.1 Å². The lowest BCUT2D eigenvalue weighted by Crippen LogP contribution is -2.36. The summed E-state index contributed by atoms with van der Waals surface area (Å²) in [5.41, 5.74) is -0.672. The standard InChI is InChI=1S/C13H24ClN3O2/c1-5-13(19,6-2)12(18)11-10(14)9-15-17(11)8-7-16(3)4/h9,12,18-19H,5-8H2,1-4H3. The minimum Gasteiger partial charge on any atom is -0.387 e. The molecule has 110 valence electrons. The highest BCUT2D eigenvalue weighted by Gasteiger charge is 2.36. The van der Waals surface area contributed by atoms with E-state index in [1.807, 2.05) is 32.8 Å². The Balaban J connectivity index is 3.01. The molecule has 1 unspecified atom stereocenters. The second-order valence-corrected chi connectivity index (χ2v) is 5.52. The predicted molar refractivity (Wildman–Crippen MR) is 76.3 cm³/mol. The van der Waals surface area contributed by atoms with E-state index in [1.54, 1.807) is 4.68 Å². The third kappa shape index (κ3) is 3.69. The van der Waals surface area contributed by atoms with Crippen LogP contribution >= 0.6 is 11.6 Å². The zero-order chi connectivity index (χ0) is 14.6. The van der Waals surface area contributed by atoms with Crippen molar-refractivity contribution in [2.75, 3.05) is 20.6 Å². The Morgan fingerprint density at radius 3 is 2.47 bits per heavy atom. The summed E-state index contributed by atoms with van der Waals surface area (Å²) in [6, 6.07) is 0. The molecule has 0 aliphatic rings. The number of likely N-dealkylation sites (N-methyl/N-ethyl adjacent to an activating group) is 1. The van der Waals surface area contributed by atoms with Crippen LogP contribution < -0.4 is 0 Å². The summed E-state index contributed by atoms with van der Waals surface area (Å²) in [5, 5.41) is 25.5. The maximum absolute atomic E-state index is 10.4. The molecular formula is C13H24ClN3O2. The van der Waals surface area contributed by atoms with E-state index < -0.39 is 11.7 Å². The molecule has 0 fully saturated rings. The highest BCUT2D eigenvalue weighted by Crippen LogP contribution is 2.35. The van der Waals surface area contributed by atoms with Gasteiger partial charge in [-0.25, -0.2) is 0 Å². The minimum absolute atomic E-state index is 0.395. The zero-order valence-electron chi connectivity index (χ0n) is 12.1. The lowest BCUT2D eigenvalue weighted by Gasteiger charge is -2.31. The largest absolute Gasteiger partial charge is 0.387 e. The number of halogens is 1. The molecule has 1 rings (SSSR count). The van der Waals surface area contributed by atoms with Crippen LogP contribution in [0.5, 0.6) is 0 Å². The summed E-state index contributed by atoms with van der Waals surface area (Å²) in [4.78, 5) is 2.03. The van der Waals surface area contributed by atoms with Gasteiger partial charge in [0.2, 0.25) is 0 Å². The molecule has 0 aliphatic carbocycles. The van der Waals surface area contributed by atoms with Gasteiger partial charge in [0.25, 0.3) is 0 Å². The Kier molecular flexibility index (Phi) is 5.80. The quantitative estimate of drug-likeness (QED) is 0.802. The van der Waals surface area contributed by atoms with Crippen LogP contribution in [0.4, 0.5) is 0 Å². The predicted octanol–water partition coefficient (Wildman–Crippen LogP) is 1.68. The van der Waals surface area contributed by atoms with E-state index in [9.17, 15) is 10.2 Å². The molecule has 1 heterocycles. The molecule has 0 spiro atoms. The summed E-state index contributed by atoms with van der Waals surface area (Å²) in [7, 11) is 3.94. The van der Waals surface area contributed by atoms with Gasteiger partial charge in [-0.15, -0.1) is 0 Å². The van der Waals surface area contributed by atoms with Crippen LogP contribution in [0.3, 0.4) is 0 Å². The smallest absolute Gasteiger partial charge is 0.126 e. The van der Waals surface area contributed by atoms with Crippen molar-refractivity contribution in [3.05, 3.63) is 16.9 Å². The van der Waals surface area contributed by atoms with Crippen molar-refractivity contribution in [3.63, 3.8) is 0 Å². The second-order valence-electron chi connectivity index (χ2n) is 5.12. The summed E-state index contributed by atoms with van der Waals surface area (Å²) in [6.07, 6.45) is 1.40. The average molecular weight is 290 g/mol. The molecule has 0 amide bonds. The fourth-order valence-electron chi connectivity index (χ4n) is 2.01. The van der Waals surface area contributed by atoms with Gasteiger partial charge in [-0.1, -0.05) is 25.4 Å². The first-order chi connectivity index (χ1) is 8.85. The number of nitrogens with zero attached hydrogens (tertiary/aromatic N) is 3. The van der Waals surface area contributed by atoms with Crippen molar-refractivity contribution in [2.24, 2.45) is 0 Å². The first-order valence-electron chi connectivity index (χ1n) is 6.62. The molecule has 0 aliphatic heterocycles. The number of aliphatic hydroxyl groups is 2. The van der Waals surface area contributed by atoms with Gasteiger partial charge in [-0.2, -0.15) is 5.10 Å². The maximum atomic E-state index is 10.4. The molecule has 2 N–H and O–H groups in total.